The van der Waals surface area contributed by atoms with Crippen molar-refractivity contribution in [1.29, 1.82) is 0 Å². The summed E-state index contributed by atoms with van der Waals surface area (Å²) < 4.78 is 5.16. The van der Waals surface area contributed by atoms with Crippen molar-refractivity contribution < 1.29 is 14.2 Å². The van der Waals surface area contributed by atoms with E-state index in [0.29, 0.717) is 11.5 Å². The molecule has 0 saturated carbocycles. The maximum Gasteiger partial charge on any atom is 0.270 e. The van der Waals surface area contributed by atoms with Crippen molar-refractivity contribution in [3.63, 3.8) is 0 Å². The lowest BCUT2D eigenvalue weighted by Gasteiger charge is -2.09. The standard InChI is InChI=1S/C16H13N5O4/c1-10(16-19-14(20-25-16)13-7-2-3-8-17-13)18-15(22)11-5-4-6-12(9-11)21(23)24/h2-10H,1H3,(H,18,22)/t10-/m0/s1. The molecule has 0 unspecified atom stereocenters. The van der Waals surface area contributed by atoms with Crippen LogP contribution >= 0.6 is 0 Å². The van der Waals surface area contributed by atoms with Gasteiger partial charge in [-0.25, -0.2) is 0 Å². The monoisotopic (exact) mass is 339 g/mol. The van der Waals surface area contributed by atoms with Crippen molar-refractivity contribution in [1.82, 2.24) is 20.4 Å². The van der Waals surface area contributed by atoms with Crippen molar-refractivity contribution >= 4 is 11.6 Å². The maximum atomic E-state index is 12.2. The zero-order valence-corrected chi connectivity index (χ0v) is 13.1. The van der Waals surface area contributed by atoms with E-state index in [1.807, 2.05) is 0 Å². The number of non-ortho nitro benzene ring substituents is 1. The smallest absolute Gasteiger partial charge is 0.270 e. The number of carbonyl (C=O) groups excluding carboxylic acids is 1. The highest BCUT2D eigenvalue weighted by Gasteiger charge is 2.19. The molecule has 3 aromatic rings. The van der Waals surface area contributed by atoms with Gasteiger partial charge in [0.05, 0.1) is 4.92 Å². The van der Waals surface area contributed by atoms with Crippen LogP contribution in [0.25, 0.3) is 11.5 Å². The Labute approximate surface area is 141 Å². The second-order valence-corrected chi connectivity index (χ2v) is 5.17. The van der Waals surface area contributed by atoms with Gasteiger partial charge in [0.1, 0.15) is 11.7 Å². The summed E-state index contributed by atoms with van der Waals surface area (Å²) >= 11 is 0. The zero-order chi connectivity index (χ0) is 17.8. The van der Waals surface area contributed by atoms with Gasteiger partial charge >= 0.3 is 0 Å². The van der Waals surface area contributed by atoms with Crippen LogP contribution in [-0.4, -0.2) is 26.0 Å². The topological polar surface area (TPSA) is 124 Å². The van der Waals surface area contributed by atoms with Crippen molar-refractivity contribution in [3.8, 4) is 11.5 Å². The number of nitro benzene ring substituents is 1. The molecule has 126 valence electrons. The maximum absolute atomic E-state index is 12.2. The Morgan fingerprint density at radius 1 is 1.28 bits per heavy atom. The first-order chi connectivity index (χ1) is 12.0. The first-order valence-corrected chi connectivity index (χ1v) is 7.35. The predicted octanol–water partition coefficient (Wildman–Crippen LogP) is 2.53. The number of rotatable bonds is 5. The fraction of sp³-hybridized carbons (Fsp3) is 0.125. The second-order valence-electron chi connectivity index (χ2n) is 5.17. The molecular formula is C16H13N5O4. The van der Waals surface area contributed by atoms with E-state index in [9.17, 15) is 14.9 Å². The molecule has 0 radical (unpaired) electrons. The molecule has 0 bridgehead atoms. The molecule has 1 atom stereocenters. The van der Waals surface area contributed by atoms with Gasteiger partial charge in [0.15, 0.2) is 0 Å². The van der Waals surface area contributed by atoms with E-state index in [2.05, 4.69) is 20.4 Å². The first kappa shape index (κ1) is 16.2. The normalized spacial score (nSPS) is 11.7. The summed E-state index contributed by atoms with van der Waals surface area (Å²) in [6.45, 7) is 1.67. The highest BCUT2D eigenvalue weighted by Crippen LogP contribution is 2.18. The average molecular weight is 339 g/mol. The van der Waals surface area contributed by atoms with Crippen LogP contribution in [0.1, 0.15) is 29.2 Å². The molecule has 0 spiro atoms. The Balaban J connectivity index is 1.73. The number of nitrogens with zero attached hydrogens (tertiary/aromatic N) is 4. The summed E-state index contributed by atoms with van der Waals surface area (Å²) in [4.78, 5) is 30.8. The molecule has 9 nitrogen and oxygen atoms in total. The van der Waals surface area contributed by atoms with Crippen molar-refractivity contribution in [2.45, 2.75) is 13.0 Å². The van der Waals surface area contributed by atoms with Crippen LogP contribution in [-0.2, 0) is 0 Å². The highest BCUT2D eigenvalue weighted by molar-refractivity contribution is 5.94. The summed E-state index contributed by atoms with van der Waals surface area (Å²) in [5.74, 6) is 0.0419. The second kappa shape index (κ2) is 6.87. The molecule has 0 aliphatic rings. The minimum absolute atomic E-state index is 0.157. The van der Waals surface area contributed by atoms with Gasteiger partial charge in [0.2, 0.25) is 11.7 Å². The summed E-state index contributed by atoms with van der Waals surface area (Å²) in [7, 11) is 0. The third-order valence-electron chi connectivity index (χ3n) is 3.37. The average Bonchev–Trinajstić information content (AvgIpc) is 3.13. The molecule has 1 aromatic carbocycles. The molecule has 1 amide bonds. The minimum atomic E-state index is -0.572. The summed E-state index contributed by atoms with van der Waals surface area (Å²) in [5.41, 5.74) is 0.566. The molecule has 0 aliphatic carbocycles. The van der Waals surface area contributed by atoms with E-state index in [-0.39, 0.29) is 17.1 Å². The lowest BCUT2D eigenvalue weighted by molar-refractivity contribution is -0.384. The third-order valence-corrected chi connectivity index (χ3v) is 3.37. The highest BCUT2D eigenvalue weighted by atomic mass is 16.6. The number of nitrogens with one attached hydrogen (secondary N) is 1. The number of hydrogen-bond acceptors (Lipinski definition) is 7. The van der Waals surface area contributed by atoms with Crippen LogP contribution in [0.2, 0.25) is 0 Å². The fourth-order valence-electron chi connectivity index (χ4n) is 2.11. The van der Waals surface area contributed by atoms with Crippen molar-refractivity contribution in [3.05, 3.63) is 70.2 Å². The zero-order valence-electron chi connectivity index (χ0n) is 13.1. The number of aromatic nitrogens is 3. The predicted molar refractivity (Wildman–Crippen MR) is 86.5 cm³/mol. The van der Waals surface area contributed by atoms with Crippen molar-refractivity contribution in [2.75, 3.05) is 0 Å². The van der Waals surface area contributed by atoms with Crippen LogP contribution < -0.4 is 5.32 Å². The molecule has 1 N–H and O–H groups in total. The van der Waals surface area contributed by atoms with E-state index in [1.165, 1.54) is 24.3 Å². The van der Waals surface area contributed by atoms with Gasteiger partial charge in [0.25, 0.3) is 11.6 Å². The molecular weight excluding hydrogens is 326 g/mol. The van der Waals surface area contributed by atoms with E-state index in [4.69, 9.17) is 4.52 Å². The van der Waals surface area contributed by atoms with E-state index >= 15 is 0 Å². The van der Waals surface area contributed by atoms with E-state index < -0.39 is 16.9 Å². The van der Waals surface area contributed by atoms with E-state index in [1.54, 1.807) is 31.3 Å². The number of amides is 1. The lowest BCUT2D eigenvalue weighted by atomic mass is 10.2. The molecule has 0 aliphatic heterocycles. The minimum Gasteiger partial charge on any atom is -0.341 e. The lowest BCUT2D eigenvalue weighted by Crippen LogP contribution is -2.26. The number of nitro groups is 1. The summed E-state index contributed by atoms with van der Waals surface area (Å²) in [5, 5.41) is 17.3. The first-order valence-electron chi connectivity index (χ1n) is 7.35. The number of hydrogen-bond donors (Lipinski definition) is 1. The quantitative estimate of drug-likeness (QED) is 0.559. The van der Waals surface area contributed by atoms with Crippen LogP contribution in [0.3, 0.4) is 0 Å². The molecule has 0 fully saturated rings. The Hall–Kier alpha value is -3.62. The summed E-state index contributed by atoms with van der Waals surface area (Å²) in [6.07, 6.45) is 1.61. The SMILES string of the molecule is C[C@H](NC(=O)c1cccc([N+](=O)[O-])c1)c1nc(-c2ccccn2)no1. The van der Waals surface area contributed by atoms with Gasteiger partial charge < -0.3 is 9.84 Å². The Morgan fingerprint density at radius 2 is 2.12 bits per heavy atom. The largest absolute Gasteiger partial charge is 0.341 e. The van der Waals surface area contributed by atoms with Crippen molar-refractivity contribution in [2.24, 2.45) is 0 Å². The van der Waals surface area contributed by atoms with Crippen LogP contribution in [0.4, 0.5) is 5.69 Å². The Kier molecular flexibility index (Phi) is 4.46. The van der Waals surface area contributed by atoms with Gasteiger partial charge in [-0.15, -0.1) is 0 Å². The Bertz CT molecular complexity index is 910. The van der Waals surface area contributed by atoms with Gasteiger partial charge in [-0.05, 0) is 25.1 Å². The van der Waals surface area contributed by atoms with E-state index in [0.717, 1.165) is 0 Å². The van der Waals surface area contributed by atoms with Gasteiger partial charge in [-0.1, -0.05) is 17.3 Å². The Morgan fingerprint density at radius 3 is 2.84 bits per heavy atom. The summed E-state index contributed by atoms with van der Waals surface area (Å²) in [6, 6.07) is 10.2. The fourth-order valence-corrected chi connectivity index (χ4v) is 2.11. The van der Waals surface area contributed by atoms with Crippen LogP contribution in [0.15, 0.2) is 53.2 Å². The molecule has 3 rings (SSSR count). The van der Waals surface area contributed by atoms with Crippen LogP contribution in [0, 0.1) is 10.1 Å². The van der Waals surface area contributed by atoms with Gasteiger partial charge in [-0.2, -0.15) is 4.98 Å². The molecule has 9 heteroatoms. The number of benzene rings is 1. The van der Waals surface area contributed by atoms with Crippen LogP contribution in [0.5, 0.6) is 0 Å². The van der Waals surface area contributed by atoms with Gasteiger partial charge in [-0.3, -0.25) is 19.9 Å². The molecule has 25 heavy (non-hydrogen) atoms. The molecule has 2 heterocycles. The number of pyridine rings is 1. The molecule has 2 aromatic heterocycles. The molecule has 0 saturated heterocycles. The number of carbonyl (C=O) groups is 1. The van der Waals surface area contributed by atoms with Gasteiger partial charge in [0, 0.05) is 23.9 Å². The third kappa shape index (κ3) is 3.66.